The monoisotopic (exact) mass is 196 g/mol. The third-order valence-corrected chi connectivity index (χ3v) is 1.78. The lowest BCUT2D eigenvalue weighted by Crippen LogP contribution is -1.91. The molecule has 0 atom stereocenters. The molecule has 74 valence electrons. The molecule has 0 bridgehead atoms. The van der Waals surface area contributed by atoms with Gasteiger partial charge in [0.2, 0.25) is 5.78 Å². The van der Waals surface area contributed by atoms with Crippen molar-refractivity contribution in [3.05, 3.63) is 54.3 Å². The summed E-state index contributed by atoms with van der Waals surface area (Å²) in [6.45, 7) is 3.42. The normalized spacial score (nSPS) is 8.27. The molecule has 0 spiro atoms. The van der Waals surface area contributed by atoms with E-state index in [1.165, 1.54) is 0 Å². The highest BCUT2D eigenvalue weighted by Crippen LogP contribution is 1.96. The summed E-state index contributed by atoms with van der Waals surface area (Å²) in [5, 5.41) is 0. The van der Waals surface area contributed by atoms with E-state index in [0.717, 1.165) is 5.56 Å². The number of benzene rings is 1. The van der Waals surface area contributed by atoms with E-state index in [1.54, 1.807) is 6.08 Å². The van der Waals surface area contributed by atoms with Crippen LogP contribution in [0.5, 0.6) is 0 Å². The number of allylic oxidation sites excluding steroid dienone is 1. The number of ketones is 1. The van der Waals surface area contributed by atoms with Gasteiger partial charge in [-0.25, -0.2) is 0 Å². The number of Topliss-reactive ketones (excluding diaryl/α,β-unsaturated/α-hetero) is 1. The van der Waals surface area contributed by atoms with Gasteiger partial charge in [-0.05, 0) is 30.6 Å². The molecule has 1 nitrogen and oxygen atoms in total. The van der Waals surface area contributed by atoms with E-state index in [2.05, 4.69) is 24.2 Å². The van der Waals surface area contributed by atoms with Crippen molar-refractivity contribution in [2.45, 2.75) is 12.8 Å². The zero-order valence-corrected chi connectivity index (χ0v) is 8.49. The van der Waals surface area contributed by atoms with Crippen LogP contribution in [0.25, 0.3) is 0 Å². The first-order chi connectivity index (χ1) is 7.33. The van der Waals surface area contributed by atoms with Crippen molar-refractivity contribution in [3.8, 4) is 11.8 Å². The number of carbonyl (C=O) groups is 1. The highest BCUT2D eigenvalue weighted by Gasteiger charge is 1.93. The van der Waals surface area contributed by atoms with Crippen molar-refractivity contribution in [1.29, 1.82) is 0 Å². The van der Waals surface area contributed by atoms with Gasteiger partial charge >= 0.3 is 0 Å². The van der Waals surface area contributed by atoms with E-state index in [9.17, 15) is 4.79 Å². The van der Waals surface area contributed by atoms with Crippen LogP contribution in [0, 0.1) is 11.8 Å². The molecule has 1 aromatic carbocycles. The molecule has 0 saturated heterocycles. The Hall–Kier alpha value is -2.03. The summed E-state index contributed by atoms with van der Waals surface area (Å²) in [6.07, 6.45) is 2.83. The fourth-order valence-corrected chi connectivity index (χ4v) is 1.03. The van der Waals surface area contributed by atoms with E-state index < -0.39 is 0 Å². The topological polar surface area (TPSA) is 17.1 Å². The fourth-order valence-electron chi connectivity index (χ4n) is 1.03. The van der Waals surface area contributed by atoms with Crippen molar-refractivity contribution >= 4 is 5.78 Å². The Bertz CT molecular complexity index is 425. The molecule has 0 aliphatic rings. The second kappa shape index (κ2) is 6.43. The van der Waals surface area contributed by atoms with Gasteiger partial charge in [0.05, 0.1) is 0 Å². The number of carbonyl (C=O) groups excluding carboxylic acids is 1. The second-order valence-electron chi connectivity index (χ2n) is 2.99. The molecule has 1 aromatic rings. The molecule has 1 rings (SSSR count). The first-order valence-electron chi connectivity index (χ1n) is 4.77. The van der Waals surface area contributed by atoms with Gasteiger partial charge in [-0.2, -0.15) is 0 Å². The maximum atomic E-state index is 11.2. The average molecular weight is 196 g/mol. The molecule has 0 heterocycles. The van der Waals surface area contributed by atoms with Gasteiger partial charge in [-0.1, -0.05) is 30.7 Å². The first-order valence-corrected chi connectivity index (χ1v) is 4.77. The van der Waals surface area contributed by atoms with E-state index in [4.69, 9.17) is 0 Å². The van der Waals surface area contributed by atoms with Crippen LogP contribution in [0.15, 0.2) is 48.7 Å². The first kappa shape index (κ1) is 11.0. The average Bonchev–Trinajstić information content (AvgIpc) is 2.28. The number of hydrogen-bond acceptors (Lipinski definition) is 1. The van der Waals surface area contributed by atoms with Gasteiger partial charge in [0.15, 0.2) is 0 Å². The smallest absolute Gasteiger partial charge is 0.206 e. The third kappa shape index (κ3) is 4.67. The summed E-state index contributed by atoms with van der Waals surface area (Å²) in [6, 6.07) is 9.47. The Morgan fingerprint density at radius 1 is 1.33 bits per heavy atom. The van der Waals surface area contributed by atoms with Gasteiger partial charge in [0, 0.05) is 12.0 Å². The minimum Gasteiger partial charge on any atom is -0.285 e. The van der Waals surface area contributed by atoms with Crippen LogP contribution in [0.2, 0.25) is 0 Å². The quantitative estimate of drug-likeness (QED) is 0.536. The van der Waals surface area contributed by atoms with E-state index in [-0.39, 0.29) is 5.78 Å². The summed E-state index contributed by atoms with van der Waals surface area (Å²) < 4.78 is 0. The minimum atomic E-state index is -0.0506. The van der Waals surface area contributed by atoms with Crippen molar-refractivity contribution in [1.82, 2.24) is 0 Å². The lowest BCUT2D eigenvalue weighted by Gasteiger charge is -1.87. The van der Waals surface area contributed by atoms with Crippen LogP contribution in [0.4, 0.5) is 0 Å². The molecule has 0 N–H and O–H groups in total. The van der Waals surface area contributed by atoms with Crippen LogP contribution in [-0.4, -0.2) is 5.78 Å². The fraction of sp³-hybridized carbons (Fsp3) is 0.143. The Morgan fingerprint density at radius 3 is 2.73 bits per heavy atom. The molecular weight excluding hydrogens is 184 g/mol. The summed E-state index contributed by atoms with van der Waals surface area (Å²) in [5.74, 6) is 5.37. The van der Waals surface area contributed by atoms with Crippen LogP contribution in [0.3, 0.4) is 0 Å². The SMILES string of the molecule is C=C=CCCC(=O)C#Cc1ccccc1. The zero-order chi connectivity index (χ0) is 10.9. The Morgan fingerprint density at radius 2 is 2.07 bits per heavy atom. The summed E-state index contributed by atoms with van der Waals surface area (Å²) in [5.41, 5.74) is 3.49. The predicted octanol–water partition coefficient (Wildman–Crippen LogP) is 2.73. The highest BCUT2D eigenvalue weighted by molar-refractivity contribution is 5.96. The largest absolute Gasteiger partial charge is 0.285 e. The van der Waals surface area contributed by atoms with Gasteiger partial charge in [-0.3, -0.25) is 4.79 Å². The van der Waals surface area contributed by atoms with E-state index in [1.807, 2.05) is 30.3 Å². The van der Waals surface area contributed by atoms with Gasteiger partial charge in [0.1, 0.15) is 0 Å². The summed E-state index contributed by atoms with van der Waals surface area (Å²) >= 11 is 0. The number of rotatable bonds is 3. The second-order valence-corrected chi connectivity index (χ2v) is 2.99. The van der Waals surface area contributed by atoms with Crippen LogP contribution in [0.1, 0.15) is 18.4 Å². The lowest BCUT2D eigenvalue weighted by molar-refractivity contribution is -0.113. The minimum absolute atomic E-state index is 0.0506. The van der Waals surface area contributed by atoms with Gasteiger partial charge in [-0.15, -0.1) is 5.73 Å². The van der Waals surface area contributed by atoms with Crippen LogP contribution >= 0.6 is 0 Å². The van der Waals surface area contributed by atoms with Crippen molar-refractivity contribution in [2.24, 2.45) is 0 Å². The molecule has 0 unspecified atom stereocenters. The van der Waals surface area contributed by atoms with Crippen molar-refractivity contribution in [3.63, 3.8) is 0 Å². The zero-order valence-electron chi connectivity index (χ0n) is 8.49. The molecule has 0 aliphatic heterocycles. The Kier molecular flexibility index (Phi) is 4.73. The molecule has 1 heteroatoms. The van der Waals surface area contributed by atoms with Gasteiger partial charge < -0.3 is 0 Å². The van der Waals surface area contributed by atoms with E-state index >= 15 is 0 Å². The maximum absolute atomic E-state index is 11.2. The van der Waals surface area contributed by atoms with Crippen LogP contribution in [-0.2, 0) is 4.79 Å². The highest BCUT2D eigenvalue weighted by atomic mass is 16.1. The molecule has 0 fully saturated rings. The Labute approximate surface area is 90.1 Å². The number of hydrogen-bond donors (Lipinski definition) is 0. The maximum Gasteiger partial charge on any atom is 0.206 e. The Balaban J connectivity index is 2.51. The summed E-state index contributed by atoms with van der Waals surface area (Å²) in [4.78, 5) is 11.2. The van der Waals surface area contributed by atoms with Gasteiger partial charge in [0.25, 0.3) is 0 Å². The van der Waals surface area contributed by atoms with Crippen molar-refractivity contribution in [2.75, 3.05) is 0 Å². The molecule has 15 heavy (non-hydrogen) atoms. The molecule has 0 amide bonds. The standard InChI is InChI=1S/C14H12O/c1-2-3-5-10-14(15)12-11-13-8-6-4-7-9-13/h3-4,6-9H,1,5,10H2. The molecule has 0 aromatic heterocycles. The molecule has 0 aliphatic carbocycles. The van der Waals surface area contributed by atoms with Crippen molar-refractivity contribution < 1.29 is 4.79 Å². The molecule has 0 saturated carbocycles. The van der Waals surface area contributed by atoms with Crippen LogP contribution < -0.4 is 0 Å². The molecule has 0 radical (unpaired) electrons. The third-order valence-electron chi connectivity index (χ3n) is 1.78. The molecular formula is C14H12O. The lowest BCUT2D eigenvalue weighted by atomic mass is 10.2. The van der Waals surface area contributed by atoms with E-state index in [0.29, 0.717) is 12.8 Å². The summed E-state index contributed by atoms with van der Waals surface area (Å²) in [7, 11) is 0. The predicted molar refractivity (Wildman–Crippen MR) is 61.3 cm³/mol.